The molecule has 1 aromatic carbocycles. The van der Waals surface area contributed by atoms with Crippen LogP contribution in [0.5, 0.6) is 0 Å². The molecule has 2 rings (SSSR count). The van der Waals surface area contributed by atoms with E-state index in [1.54, 1.807) is 23.5 Å². The molecule has 1 atom stereocenters. The first-order valence-corrected chi connectivity index (χ1v) is 7.75. The summed E-state index contributed by atoms with van der Waals surface area (Å²) in [5.74, 6) is -0.265. The minimum atomic E-state index is -0.265. The Morgan fingerprint density at radius 2 is 2.16 bits per heavy atom. The van der Waals surface area contributed by atoms with E-state index in [0.717, 1.165) is 12.1 Å². The molecule has 1 heterocycles. The van der Waals surface area contributed by atoms with Crippen LogP contribution < -0.4 is 11.1 Å². The van der Waals surface area contributed by atoms with Crippen molar-refractivity contribution in [1.82, 2.24) is 0 Å². The lowest BCUT2D eigenvalue weighted by Crippen LogP contribution is -2.19. The third-order valence-electron chi connectivity index (χ3n) is 2.87. The van der Waals surface area contributed by atoms with Gasteiger partial charge in [0.25, 0.3) is 0 Å². The maximum absolute atomic E-state index is 13.2. The summed E-state index contributed by atoms with van der Waals surface area (Å²) in [5, 5.41) is 3.34. The van der Waals surface area contributed by atoms with Crippen LogP contribution in [0.15, 0.2) is 34.8 Å². The van der Waals surface area contributed by atoms with Crippen LogP contribution in [-0.4, -0.2) is 6.54 Å². The number of anilines is 1. The molecule has 0 saturated heterocycles. The first-order chi connectivity index (χ1) is 9.13. The summed E-state index contributed by atoms with van der Waals surface area (Å²) in [6.45, 7) is 2.64. The minimum Gasteiger partial charge on any atom is -0.376 e. The van der Waals surface area contributed by atoms with Gasteiger partial charge in [-0.3, -0.25) is 0 Å². The lowest BCUT2D eigenvalue weighted by Gasteiger charge is -2.17. The van der Waals surface area contributed by atoms with Gasteiger partial charge in [-0.25, -0.2) is 4.39 Å². The summed E-state index contributed by atoms with van der Waals surface area (Å²) in [7, 11) is 0. The van der Waals surface area contributed by atoms with Crippen molar-refractivity contribution in [3.8, 4) is 0 Å². The highest BCUT2D eigenvalue weighted by Gasteiger charge is 2.12. The Labute approximate surface area is 125 Å². The van der Waals surface area contributed by atoms with Crippen LogP contribution in [-0.2, 0) is 6.42 Å². The summed E-state index contributed by atoms with van der Waals surface area (Å²) in [6, 6.07) is 9.18. The summed E-state index contributed by atoms with van der Waals surface area (Å²) in [6.07, 6.45) is 1.03. The third kappa shape index (κ3) is 3.55. The lowest BCUT2D eigenvalue weighted by atomic mass is 10.2. The Kier molecular flexibility index (Phi) is 4.96. The molecule has 0 saturated carbocycles. The average molecular weight is 343 g/mol. The van der Waals surface area contributed by atoms with Gasteiger partial charge in [-0.1, -0.05) is 6.92 Å². The fraction of sp³-hybridized carbons (Fsp3) is 0.286. The normalized spacial score (nSPS) is 12.4. The summed E-state index contributed by atoms with van der Waals surface area (Å²) in [4.78, 5) is 2.55. The van der Waals surface area contributed by atoms with E-state index in [-0.39, 0.29) is 11.9 Å². The molecule has 0 bridgehead atoms. The van der Waals surface area contributed by atoms with Gasteiger partial charge in [0, 0.05) is 22.0 Å². The predicted octanol–water partition coefficient (Wildman–Crippen LogP) is 4.32. The molecule has 0 aliphatic rings. The minimum absolute atomic E-state index is 0.0580. The monoisotopic (exact) mass is 342 g/mol. The molecule has 1 aromatic heterocycles. The van der Waals surface area contributed by atoms with Gasteiger partial charge >= 0.3 is 0 Å². The molecular weight excluding hydrogens is 327 g/mol. The topological polar surface area (TPSA) is 38.0 Å². The van der Waals surface area contributed by atoms with Crippen molar-refractivity contribution in [2.45, 2.75) is 19.4 Å². The van der Waals surface area contributed by atoms with Gasteiger partial charge in [0.05, 0.1) is 10.5 Å². The fourth-order valence-electron chi connectivity index (χ4n) is 1.81. The van der Waals surface area contributed by atoms with Crippen molar-refractivity contribution in [2.24, 2.45) is 5.73 Å². The van der Waals surface area contributed by atoms with Crippen molar-refractivity contribution in [3.05, 3.63) is 50.4 Å². The van der Waals surface area contributed by atoms with E-state index in [2.05, 4.69) is 40.3 Å². The van der Waals surface area contributed by atoms with E-state index < -0.39 is 0 Å². The maximum atomic E-state index is 13.2. The highest BCUT2D eigenvalue weighted by Crippen LogP contribution is 2.28. The second-order valence-electron chi connectivity index (χ2n) is 4.22. The Balaban J connectivity index is 2.16. The van der Waals surface area contributed by atoms with Crippen LogP contribution in [0.4, 0.5) is 10.1 Å². The average Bonchev–Trinajstić information content (AvgIpc) is 2.88. The SMILES string of the molecule is CCc1ccc(C(CN)Nc2ccc(F)c(Br)c2)s1. The molecule has 0 aliphatic carbocycles. The molecule has 19 heavy (non-hydrogen) atoms. The van der Waals surface area contributed by atoms with E-state index in [9.17, 15) is 4.39 Å². The number of halogens is 2. The smallest absolute Gasteiger partial charge is 0.137 e. The van der Waals surface area contributed by atoms with Crippen LogP contribution in [0.1, 0.15) is 22.7 Å². The van der Waals surface area contributed by atoms with Crippen LogP contribution in [0.2, 0.25) is 0 Å². The Morgan fingerprint density at radius 1 is 1.37 bits per heavy atom. The zero-order chi connectivity index (χ0) is 13.8. The Hall–Kier alpha value is -0.910. The molecule has 0 fully saturated rings. The zero-order valence-electron chi connectivity index (χ0n) is 10.6. The van der Waals surface area contributed by atoms with Gasteiger partial charge in [0.1, 0.15) is 5.82 Å². The van der Waals surface area contributed by atoms with Crippen LogP contribution in [0, 0.1) is 5.82 Å². The largest absolute Gasteiger partial charge is 0.376 e. The van der Waals surface area contributed by atoms with E-state index in [4.69, 9.17) is 5.73 Å². The van der Waals surface area contributed by atoms with Gasteiger partial charge in [-0.05, 0) is 52.7 Å². The Bertz CT molecular complexity index is 556. The fourth-order valence-corrected chi connectivity index (χ4v) is 3.20. The van der Waals surface area contributed by atoms with E-state index in [1.807, 2.05) is 0 Å². The Morgan fingerprint density at radius 3 is 2.74 bits per heavy atom. The quantitative estimate of drug-likeness (QED) is 0.848. The van der Waals surface area contributed by atoms with Gasteiger partial charge in [0.2, 0.25) is 0 Å². The standard InChI is InChI=1S/C14H16BrFN2S/c1-2-10-4-6-14(19-10)13(8-17)18-9-3-5-12(16)11(15)7-9/h3-7,13,18H,2,8,17H2,1H3. The maximum Gasteiger partial charge on any atom is 0.137 e. The molecule has 2 aromatic rings. The van der Waals surface area contributed by atoms with Crippen molar-refractivity contribution < 1.29 is 4.39 Å². The van der Waals surface area contributed by atoms with Gasteiger partial charge in [0.15, 0.2) is 0 Å². The van der Waals surface area contributed by atoms with E-state index in [0.29, 0.717) is 11.0 Å². The predicted molar refractivity (Wildman–Crippen MR) is 83.2 cm³/mol. The van der Waals surface area contributed by atoms with E-state index >= 15 is 0 Å². The second-order valence-corrected chi connectivity index (χ2v) is 6.27. The highest BCUT2D eigenvalue weighted by molar-refractivity contribution is 9.10. The molecule has 0 aliphatic heterocycles. The molecule has 0 radical (unpaired) electrons. The van der Waals surface area contributed by atoms with Crippen LogP contribution in [0.25, 0.3) is 0 Å². The molecular formula is C14H16BrFN2S. The molecule has 5 heteroatoms. The summed E-state index contributed by atoms with van der Waals surface area (Å²) < 4.78 is 13.6. The summed E-state index contributed by atoms with van der Waals surface area (Å²) in [5.41, 5.74) is 6.69. The molecule has 0 amide bonds. The molecule has 2 nitrogen and oxygen atoms in total. The number of thiophene rings is 1. The van der Waals surface area contributed by atoms with Gasteiger partial charge in [-0.15, -0.1) is 11.3 Å². The van der Waals surface area contributed by atoms with Crippen molar-refractivity contribution in [1.29, 1.82) is 0 Å². The molecule has 1 unspecified atom stereocenters. The van der Waals surface area contributed by atoms with Gasteiger partial charge in [-0.2, -0.15) is 0 Å². The number of nitrogens with two attached hydrogens (primary N) is 1. The molecule has 3 N–H and O–H groups in total. The van der Waals surface area contributed by atoms with Crippen molar-refractivity contribution in [2.75, 3.05) is 11.9 Å². The first-order valence-electron chi connectivity index (χ1n) is 6.14. The highest BCUT2D eigenvalue weighted by atomic mass is 79.9. The van der Waals surface area contributed by atoms with Crippen LogP contribution in [0.3, 0.4) is 0 Å². The number of aryl methyl sites for hydroxylation is 1. The van der Waals surface area contributed by atoms with Gasteiger partial charge < -0.3 is 11.1 Å². The van der Waals surface area contributed by atoms with E-state index in [1.165, 1.54) is 15.8 Å². The zero-order valence-corrected chi connectivity index (χ0v) is 13.0. The molecule has 0 spiro atoms. The number of hydrogen-bond acceptors (Lipinski definition) is 3. The summed E-state index contributed by atoms with van der Waals surface area (Å²) >= 11 is 4.95. The number of rotatable bonds is 5. The first kappa shape index (κ1) is 14.5. The molecule has 102 valence electrons. The number of nitrogens with one attached hydrogen (secondary N) is 1. The number of benzene rings is 1. The van der Waals surface area contributed by atoms with Crippen LogP contribution >= 0.6 is 27.3 Å². The second kappa shape index (κ2) is 6.50. The lowest BCUT2D eigenvalue weighted by molar-refractivity contribution is 0.621. The van der Waals surface area contributed by atoms with Crippen molar-refractivity contribution in [3.63, 3.8) is 0 Å². The third-order valence-corrected chi connectivity index (χ3v) is 4.82. The number of hydrogen-bond donors (Lipinski definition) is 2. The van der Waals surface area contributed by atoms with Crippen molar-refractivity contribution >= 4 is 33.0 Å².